The van der Waals surface area contributed by atoms with Crippen LogP contribution in [0.25, 0.3) is 0 Å². The predicted octanol–water partition coefficient (Wildman–Crippen LogP) is 2.63. The van der Waals surface area contributed by atoms with Gasteiger partial charge in [0.1, 0.15) is 0 Å². The summed E-state index contributed by atoms with van der Waals surface area (Å²) in [5.41, 5.74) is 7.47. The molecule has 1 aromatic rings. The van der Waals surface area contributed by atoms with Gasteiger partial charge in [0.15, 0.2) is 0 Å². The molecule has 0 radical (unpaired) electrons. The van der Waals surface area contributed by atoms with E-state index >= 15 is 0 Å². The Morgan fingerprint density at radius 3 is 2.54 bits per heavy atom. The monoisotopic (exact) mass is 329 g/mol. The molecule has 1 heterocycles. The van der Waals surface area contributed by atoms with Crippen LogP contribution in [0.5, 0.6) is 0 Å². The Morgan fingerprint density at radius 2 is 1.92 bits per heavy atom. The SMILES string of the molecule is CC(C)[C@H](N)C(=O)N1CCC[C@@H](N(Cc2ccccc2)C2CC2)C1. The summed E-state index contributed by atoms with van der Waals surface area (Å²) in [6, 6.07) is 11.5. The average molecular weight is 329 g/mol. The van der Waals surface area contributed by atoms with Crippen molar-refractivity contribution in [3.63, 3.8) is 0 Å². The number of likely N-dealkylation sites (tertiary alicyclic amines) is 1. The maximum atomic E-state index is 12.6. The molecule has 0 spiro atoms. The fourth-order valence-electron chi connectivity index (χ4n) is 3.68. The zero-order chi connectivity index (χ0) is 17.1. The molecule has 2 fully saturated rings. The first kappa shape index (κ1) is 17.4. The average Bonchev–Trinajstić information content (AvgIpc) is 3.44. The Morgan fingerprint density at radius 1 is 1.21 bits per heavy atom. The summed E-state index contributed by atoms with van der Waals surface area (Å²) in [6.07, 6.45) is 4.86. The van der Waals surface area contributed by atoms with Gasteiger partial charge in [0.25, 0.3) is 0 Å². The van der Waals surface area contributed by atoms with Crippen molar-refractivity contribution in [2.45, 2.75) is 64.2 Å². The van der Waals surface area contributed by atoms with Crippen LogP contribution in [0, 0.1) is 5.92 Å². The minimum Gasteiger partial charge on any atom is -0.340 e. The van der Waals surface area contributed by atoms with E-state index in [1.807, 2.05) is 18.7 Å². The van der Waals surface area contributed by atoms with E-state index in [9.17, 15) is 4.79 Å². The lowest BCUT2D eigenvalue weighted by molar-refractivity contribution is -0.135. The molecule has 2 atom stereocenters. The highest BCUT2D eigenvalue weighted by atomic mass is 16.2. The van der Waals surface area contributed by atoms with Crippen molar-refractivity contribution >= 4 is 5.91 Å². The fraction of sp³-hybridized carbons (Fsp3) is 0.650. The molecular formula is C20H31N3O. The number of piperidine rings is 1. The molecule has 1 aliphatic carbocycles. The molecule has 1 saturated heterocycles. The molecule has 0 aromatic heterocycles. The van der Waals surface area contributed by atoms with Crippen LogP contribution in [0.2, 0.25) is 0 Å². The summed E-state index contributed by atoms with van der Waals surface area (Å²) in [7, 11) is 0. The molecule has 3 rings (SSSR count). The zero-order valence-electron chi connectivity index (χ0n) is 15.0. The van der Waals surface area contributed by atoms with Gasteiger partial charge in [-0.15, -0.1) is 0 Å². The van der Waals surface area contributed by atoms with Gasteiger partial charge in [-0.2, -0.15) is 0 Å². The quantitative estimate of drug-likeness (QED) is 0.873. The second kappa shape index (κ2) is 7.66. The highest BCUT2D eigenvalue weighted by Crippen LogP contribution is 2.33. The summed E-state index contributed by atoms with van der Waals surface area (Å²) >= 11 is 0. The number of amides is 1. The van der Waals surface area contributed by atoms with Gasteiger partial charge < -0.3 is 10.6 Å². The maximum absolute atomic E-state index is 12.6. The first-order valence-corrected chi connectivity index (χ1v) is 9.40. The first-order valence-electron chi connectivity index (χ1n) is 9.40. The molecule has 2 aliphatic rings. The number of benzene rings is 1. The first-order chi connectivity index (χ1) is 11.6. The molecular weight excluding hydrogens is 298 g/mol. The molecule has 24 heavy (non-hydrogen) atoms. The molecule has 0 bridgehead atoms. The Kier molecular flexibility index (Phi) is 5.57. The number of nitrogens with zero attached hydrogens (tertiary/aromatic N) is 2. The van der Waals surface area contributed by atoms with E-state index in [0.717, 1.165) is 26.1 Å². The second-order valence-electron chi connectivity index (χ2n) is 7.74. The van der Waals surface area contributed by atoms with Gasteiger partial charge in [-0.1, -0.05) is 44.2 Å². The molecule has 1 aliphatic heterocycles. The number of carbonyl (C=O) groups excluding carboxylic acids is 1. The molecule has 0 unspecified atom stereocenters. The largest absolute Gasteiger partial charge is 0.340 e. The van der Waals surface area contributed by atoms with E-state index in [1.165, 1.54) is 24.8 Å². The normalized spacial score (nSPS) is 22.9. The summed E-state index contributed by atoms with van der Waals surface area (Å²) in [5, 5.41) is 0. The molecule has 1 aromatic carbocycles. The van der Waals surface area contributed by atoms with Crippen molar-refractivity contribution in [2.75, 3.05) is 13.1 Å². The van der Waals surface area contributed by atoms with Gasteiger partial charge in [0, 0.05) is 31.7 Å². The third-order valence-electron chi connectivity index (χ3n) is 5.40. The molecule has 4 nitrogen and oxygen atoms in total. The lowest BCUT2D eigenvalue weighted by Crippen LogP contribution is -2.54. The number of carbonyl (C=O) groups is 1. The van der Waals surface area contributed by atoms with E-state index in [2.05, 4.69) is 35.2 Å². The Bertz CT molecular complexity index is 541. The highest BCUT2D eigenvalue weighted by molar-refractivity contribution is 5.82. The van der Waals surface area contributed by atoms with Gasteiger partial charge in [-0.3, -0.25) is 9.69 Å². The lowest BCUT2D eigenvalue weighted by atomic mass is 9.99. The van der Waals surface area contributed by atoms with Gasteiger partial charge in [-0.25, -0.2) is 0 Å². The van der Waals surface area contributed by atoms with Crippen molar-refractivity contribution in [3.8, 4) is 0 Å². The number of nitrogens with two attached hydrogens (primary N) is 1. The van der Waals surface area contributed by atoms with Gasteiger partial charge in [0.2, 0.25) is 5.91 Å². The number of hydrogen-bond acceptors (Lipinski definition) is 3. The van der Waals surface area contributed by atoms with Crippen LogP contribution in [0.3, 0.4) is 0 Å². The van der Waals surface area contributed by atoms with Crippen molar-refractivity contribution in [1.29, 1.82) is 0 Å². The number of hydrogen-bond donors (Lipinski definition) is 1. The molecule has 132 valence electrons. The Balaban J connectivity index is 1.66. The van der Waals surface area contributed by atoms with Crippen LogP contribution in [0.15, 0.2) is 30.3 Å². The van der Waals surface area contributed by atoms with E-state index in [-0.39, 0.29) is 17.9 Å². The van der Waals surface area contributed by atoms with Crippen LogP contribution in [-0.2, 0) is 11.3 Å². The maximum Gasteiger partial charge on any atom is 0.239 e. The fourth-order valence-corrected chi connectivity index (χ4v) is 3.68. The number of rotatable bonds is 6. The summed E-state index contributed by atoms with van der Waals surface area (Å²) < 4.78 is 0. The lowest BCUT2D eigenvalue weighted by Gasteiger charge is -2.40. The molecule has 4 heteroatoms. The van der Waals surface area contributed by atoms with Crippen LogP contribution in [0.1, 0.15) is 45.1 Å². The summed E-state index contributed by atoms with van der Waals surface area (Å²) in [6.45, 7) is 6.74. The summed E-state index contributed by atoms with van der Waals surface area (Å²) in [5.74, 6) is 0.326. The predicted molar refractivity (Wildman–Crippen MR) is 97.4 cm³/mol. The van der Waals surface area contributed by atoms with E-state index in [0.29, 0.717) is 12.1 Å². The van der Waals surface area contributed by atoms with Gasteiger partial charge in [-0.05, 0) is 37.2 Å². The van der Waals surface area contributed by atoms with Crippen molar-refractivity contribution in [1.82, 2.24) is 9.80 Å². The van der Waals surface area contributed by atoms with E-state index in [1.54, 1.807) is 0 Å². The van der Waals surface area contributed by atoms with Crippen LogP contribution >= 0.6 is 0 Å². The highest BCUT2D eigenvalue weighted by Gasteiger charge is 2.37. The second-order valence-corrected chi connectivity index (χ2v) is 7.74. The Labute approximate surface area is 146 Å². The molecule has 1 amide bonds. The van der Waals surface area contributed by atoms with Gasteiger partial charge >= 0.3 is 0 Å². The minimum absolute atomic E-state index is 0.130. The van der Waals surface area contributed by atoms with Crippen molar-refractivity contribution < 1.29 is 4.79 Å². The third kappa shape index (κ3) is 4.17. The Hall–Kier alpha value is -1.39. The van der Waals surface area contributed by atoms with Crippen LogP contribution < -0.4 is 5.73 Å². The van der Waals surface area contributed by atoms with Crippen LogP contribution in [0.4, 0.5) is 0 Å². The zero-order valence-corrected chi connectivity index (χ0v) is 15.0. The van der Waals surface area contributed by atoms with E-state index < -0.39 is 0 Å². The van der Waals surface area contributed by atoms with Gasteiger partial charge in [0.05, 0.1) is 6.04 Å². The topological polar surface area (TPSA) is 49.6 Å². The molecule has 2 N–H and O–H groups in total. The minimum atomic E-state index is -0.368. The standard InChI is InChI=1S/C20H31N3O/c1-15(2)19(21)20(24)22-12-6-9-18(14-22)23(17-10-11-17)13-16-7-4-3-5-8-16/h3-5,7-8,15,17-19H,6,9-14,21H2,1-2H3/t18-,19+/m1/s1. The molecule has 1 saturated carbocycles. The smallest absolute Gasteiger partial charge is 0.239 e. The van der Waals surface area contributed by atoms with Crippen molar-refractivity contribution in [3.05, 3.63) is 35.9 Å². The van der Waals surface area contributed by atoms with Crippen molar-refractivity contribution in [2.24, 2.45) is 11.7 Å². The summed E-state index contributed by atoms with van der Waals surface area (Å²) in [4.78, 5) is 17.3. The van der Waals surface area contributed by atoms with Crippen LogP contribution in [-0.4, -0.2) is 46.9 Å². The third-order valence-corrected chi connectivity index (χ3v) is 5.40. The van der Waals surface area contributed by atoms with E-state index in [4.69, 9.17) is 5.73 Å².